The molecule has 0 fully saturated rings. The molecule has 1 aromatic heterocycles. The highest BCUT2D eigenvalue weighted by Crippen LogP contribution is 2.08. The van der Waals surface area contributed by atoms with Gasteiger partial charge in [0, 0.05) is 6.54 Å². The van der Waals surface area contributed by atoms with Crippen molar-refractivity contribution < 1.29 is 5.11 Å². The van der Waals surface area contributed by atoms with Gasteiger partial charge in [-0.05, 0) is 32.4 Å². The third kappa shape index (κ3) is 2.68. The number of aryl methyl sites for hydroxylation is 1. The van der Waals surface area contributed by atoms with Crippen molar-refractivity contribution >= 4 is 10.9 Å². The first-order chi connectivity index (χ1) is 7.97. The summed E-state index contributed by atoms with van der Waals surface area (Å²) in [5.74, 6) is 0. The largest absolute Gasteiger partial charge is 0.390 e. The lowest BCUT2D eigenvalue weighted by atomic mass is 10.1. The Balaban J connectivity index is 2.37. The minimum Gasteiger partial charge on any atom is -0.390 e. The van der Waals surface area contributed by atoms with Crippen molar-refractivity contribution in [1.29, 1.82) is 0 Å². The topological polar surface area (TPSA) is 68.0 Å². The maximum absolute atomic E-state index is 12.0. The van der Waals surface area contributed by atoms with Gasteiger partial charge in [0.1, 0.15) is 5.52 Å². The monoisotopic (exact) mass is 233 g/mol. The van der Waals surface area contributed by atoms with Crippen LogP contribution in [-0.2, 0) is 6.54 Å². The Morgan fingerprint density at radius 3 is 2.76 bits per heavy atom. The van der Waals surface area contributed by atoms with E-state index < -0.39 is 5.60 Å². The zero-order valence-corrected chi connectivity index (χ0v) is 9.92. The van der Waals surface area contributed by atoms with E-state index >= 15 is 0 Å². The predicted octanol–water partition coefficient (Wildman–Crippen LogP) is 0.952. The van der Waals surface area contributed by atoms with Crippen molar-refractivity contribution in [3.05, 3.63) is 34.6 Å². The molecule has 0 amide bonds. The molecule has 2 rings (SSSR count). The van der Waals surface area contributed by atoms with E-state index in [-0.39, 0.29) is 5.56 Å². The minimum absolute atomic E-state index is 0.167. The van der Waals surface area contributed by atoms with Crippen LogP contribution in [0.2, 0.25) is 0 Å². The Labute approximate surface area is 98.7 Å². The van der Waals surface area contributed by atoms with Crippen LogP contribution >= 0.6 is 0 Å². The zero-order chi connectivity index (χ0) is 12.5. The van der Waals surface area contributed by atoms with Crippen LogP contribution in [0.15, 0.2) is 29.1 Å². The number of nitrogens with zero attached hydrogens (tertiary/aromatic N) is 3. The Hall–Kier alpha value is -1.75. The van der Waals surface area contributed by atoms with E-state index in [1.54, 1.807) is 32.0 Å². The summed E-state index contributed by atoms with van der Waals surface area (Å²) >= 11 is 0. The maximum Gasteiger partial charge on any atom is 0.277 e. The third-order valence-electron chi connectivity index (χ3n) is 2.56. The summed E-state index contributed by atoms with van der Waals surface area (Å²) in [6.45, 7) is 3.76. The molecule has 90 valence electrons. The second kappa shape index (κ2) is 4.25. The van der Waals surface area contributed by atoms with Gasteiger partial charge in [0.2, 0.25) is 0 Å². The first-order valence-corrected chi connectivity index (χ1v) is 5.52. The quantitative estimate of drug-likeness (QED) is 0.857. The molecular weight excluding hydrogens is 218 g/mol. The van der Waals surface area contributed by atoms with Crippen LogP contribution < -0.4 is 5.56 Å². The number of aromatic nitrogens is 3. The van der Waals surface area contributed by atoms with Crippen molar-refractivity contribution in [2.45, 2.75) is 32.4 Å². The number of fused-ring (bicyclic) bond motifs is 1. The molecule has 0 bridgehead atoms. The van der Waals surface area contributed by atoms with E-state index in [2.05, 4.69) is 10.3 Å². The Morgan fingerprint density at radius 2 is 2.06 bits per heavy atom. The molecule has 0 saturated carbocycles. The van der Waals surface area contributed by atoms with Crippen LogP contribution in [0, 0.1) is 0 Å². The molecule has 0 radical (unpaired) electrons. The average Bonchev–Trinajstić information content (AvgIpc) is 2.27. The van der Waals surface area contributed by atoms with Crippen LogP contribution in [0.1, 0.15) is 20.3 Å². The normalized spacial score (nSPS) is 11.9. The fourth-order valence-corrected chi connectivity index (χ4v) is 1.55. The van der Waals surface area contributed by atoms with Crippen molar-refractivity contribution in [1.82, 2.24) is 15.0 Å². The molecule has 0 atom stereocenters. The summed E-state index contributed by atoms with van der Waals surface area (Å²) in [7, 11) is 0. The lowest BCUT2D eigenvalue weighted by Gasteiger charge is -2.16. The van der Waals surface area contributed by atoms with Crippen LogP contribution in [0.4, 0.5) is 0 Å². The van der Waals surface area contributed by atoms with Gasteiger partial charge in [-0.3, -0.25) is 4.79 Å². The molecule has 1 aromatic carbocycles. The van der Waals surface area contributed by atoms with Gasteiger partial charge >= 0.3 is 0 Å². The number of rotatable bonds is 3. The molecule has 1 N–H and O–H groups in total. The first-order valence-electron chi connectivity index (χ1n) is 5.52. The van der Waals surface area contributed by atoms with E-state index in [1.807, 2.05) is 6.07 Å². The summed E-state index contributed by atoms with van der Waals surface area (Å²) in [5, 5.41) is 18.0. The molecular formula is C12H15N3O2. The Morgan fingerprint density at radius 1 is 1.35 bits per heavy atom. The van der Waals surface area contributed by atoms with E-state index in [1.165, 1.54) is 4.68 Å². The Kier molecular flexibility index (Phi) is 2.93. The number of hydrogen-bond donors (Lipinski definition) is 1. The predicted molar refractivity (Wildman–Crippen MR) is 64.7 cm³/mol. The van der Waals surface area contributed by atoms with Gasteiger partial charge in [0.15, 0.2) is 0 Å². The maximum atomic E-state index is 12.0. The number of aliphatic hydroxyl groups is 1. The van der Waals surface area contributed by atoms with E-state index in [0.29, 0.717) is 23.9 Å². The Bertz CT molecular complexity index is 584. The SMILES string of the molecule is CC(C)(O)CCn1nnc2ccccc2c1=O. The van der Waals surface area contributed by atoms with Gasteiger partial charge in [-0.1, -0.05) is 17.3 Å². The van der Waals surface area contributed by atoms with E-state index in [0.717, 1.165) is 0 Å². The van der Waals surface area contributed by atoms with Crippen molar-refractivity contribution in [3.63, 3.8) is 0 Å². The van der Waals surface area contributed by atoms with Gasteiger partial charge in [-0.25, -0.2) is 4.68 Å². The van der Waals surface area contributed by atoms with Gasteiger partial charge in [0.25, 0.3) is 5.56 Å². The van der Waals surface area contributed by atoms with E-state index in [4.69, 9.17) is 0 Å². The third-order valence-corrected chi connectivity index (χ3v) is 2.56. The highest BCUT2D eigenvalue weighted by atomic mass is 16.3. The lowest BCUT2D eigenvalue weighted by Crippen LogP contribution is -2.29. The van der Waals surface area contributed by atoms with Crippen LogP contribution in [0.25, 0.3) is 10.9 Å². The molecule has 5 heteroatoms. The zero-order valence-electron chi connectivity index (χ0n) is 9.92. The van der Waals surface area contributed by atoms with Crippen molar-refractivity contribution in [2.24, 2.45) is 0 Å². The second-order valence-corrected chi connectivity index (χ2v) is 4.70. The molecule has 5 nitrogen and oxygen atoms in total. The summed E-state index contributed by atoms with van der Waals surface area (Å²) < 4.78 is 1.29. The molecule has 0 unspecified atom stereocenters. The summed E-state index contributed by atoms with van der Waals surface area (Å²) in [6.07, 6.45) is 0.458. The van der Waals surface area contributed by atoms with Crippen LogP contribution in [0.5, 0.6) is 0 Å². The highest BCUT2D eigenvalue weighted by molar-refractivity contribution is 5.76. The number of hydrogen-bond acceptors (Lipinski definition) is 4. The molecule has 17 heavy (non-hydrogen) atoms. The molecule has 0 spiro atoms. The summed E-state index contributed by atoms with van der Waals surface area (Å²) in [6, 6.07) is 7.10. The molecule has 0 saturated heterocycles. The van der Waals surface area contributed by atoms with Crippen LogP contribution in [-0.4, -0.2) is 25.7 Å². The minimum atomic E-state index is -0.813. The smallest absolute Gasteiger partial charge is 0.277 e. The van der Waals surface area contributed by atoms with Gasteiger partial charge in [0.05, 0.1) is 11.0 Å². The molecule has 0 aliphatic heterocycles. The fraction of sp³-hybridized carbons (Fsp3) is 0.417. The molecule has 0 aliphatic carbocycles. The summed E-state index contributed by atoms with van der Waals surface area (Å²) in [5.41, 5.74) is -0.385. The van der Waals surface area contributed by atoms with Crippen molar-refractivity contribution in [2.75, 3.05) is 0 Å². The second-order valence-electron chi connectivity index (χ2n) is 4.70. The lowest BCUT2D eigenvalue weighted by molar-refractivity contribution is 0.0644. The van der Waals surface area contributed by atoms with Crippen LogP contribution in [0.3, 0.4) is 0 Å². The fourth-order valence-electron chi connectivity index (χ4n) is 1.55. The highest BCUT2D eigenvalue weighted by Gasteiger charge is 2.13. The molecule has 1 heterocycles. The standard InChI is InChI=1S/C12H15N3O2/c1-12(2,17)7-8-15-11(16)9-5-3-4-6-10(9)13-14-15/h3-6,17H,7-8H2,1-2H3. The summed E-state index contributed by atoms with van der Waals surface area (Å²) in [4.78, 5) is 12.0. The first kappa shape index (κ1) is 11.7. The van der Waals surface area contributed by atoms with Gasteiger partial charge < -0.3 is 5.11 Å². The number of benzene rings is 1. The molecule has 2 aromatic rings. The molecule has 0 aliphatic rings. The van der Waals surface area contributed by atoms with E-state index in [9.17, 15) is 9.90 Å². The van der Waals surface area contributed by atoms with Gasteiger partial charge in [-0.2, -0.15) is 0 Å². The van der Waals surface area contributed by atoms with Crippen molar-refractivity contribution in [3.8, 4) is 0 Å². The average molecular weight is 233 g/mol. The van der Waals surface area contributed by atoms with Gasteiger partial charge in [-0.15, -0.1) is 5.10 Å².